The van der Waals surface area contributed by atoms with E-state index in [4.69, 9.17) is 0 Å². The SMILES string of the molecule is CC1CCC(C)(c2ccccc2O)CC1. The first-order chi connectivity index (χ1) is 7.12. The third-order valence-electron chi connectivity index (χ3n) is 3.93. The van der Waals surface area contributed by atoms with Crippen LogP contribution in [0.25, 0.3) is 0 Å². The summed E-state index contributed by atoms with van der Waals surface area (Å²) in [5.41, 5.74) is 1.33. The Morgan fingerprint density at radius 2 is 1.80 bits per heavy atom. The maximum Gasteiger partial charge on any atom is 0.119 e. The van der Waals surface area contributed by atoms with Crippen LogP contribution in [0.15, 0.2) is 24.3 Å². The van der Waals surface area contributed by atoms with E-state index in [0.717, 1.165) is 11.5 Å². The Hall–Kier alpha value is -0.980. The number of rotatable bonds is 1. The third-order valence-corrected chi connectivity index (χ3v) is 3.93. The Labute approximate surface area is 92.1 Å². The summed E-state index contributed by atoms with van der Waals surface area (Å²) in [6.07, 6.45) is 4.97. The molecule has 1 saturated carbocycles. The van der Waals surface area contributed by atoms with Gasteiger partial charge in [-0.15, -0.1) is 0 Å². The summed E-state index contributed by atoms with van der Waals surface area (Å²) >= 11 is 0. The van der Waals surface area contributed by atoms with Gasteiger partial charge >= 0.3 is 0 Å². The van der Waals surface area contributed by atoms with Crippen molar-refractivity contribution in [2.45, 2.75) is 44.9 Å². The van der Waals surface area contributed by atoms with Gasteiger partial charge in [0.05, 0.1) is 0 Å². The number of phenols is 1. The Bertz CT molecular complexity index is 335. The summed E-state index contributed by atoms with van der Waals surface area (Å²) in [6.45, 7) is 4.61. The second-order valence-corrected chi connectivity index (χ2v) is 5.26. The molecule has 1 nitrogen and oxygen atoms in total. The first kappa shape index (κ1) is 10.5. The van der Waals surface area contributed by atoms with Crippen LogP contribution < -0.4 is 0 Å². The van der Waals surface area contributed by atoms with Gasteiger partial charge in [0.15, 0.2) is 0 Å². The van der Waals surface area contributed by atoms with Crippen molar-refractivity contribution < 1.29 is 5.11 Å². The summed E-state index contributed by atoms with van der Waals surface area (Å²) in [5, 5.41) is 9.89. The lowest BCUT2D eigenvalue weighted by molar-refractivity contribution is 0.255. The lowest BCUT2D eigenvalue weighted by atomic mass is 9.68. The first-order valence-electron chi connectivity index (χ1n) is 5.90. The molecular weight excluding hydrogens is 184 g/mol. The van der Waals surface area contributed by atoms with Crippen molar-refractivity contribution in [1.82, 2.24) is 0 Å². The normalized spacial score (nSPS) is 31.5. The van der Waals surface area contributed by atoms with E-state index < -0.39 is 0 Å². The van der Waals surface area contributed by atoms with E-state index in [1.54, 1.807) is 6.07 Å². The van der Waals surface area contributed by atoms with Crippen LogP contribution in [0.1, 0.15) is 45.1 Å². The van der Waals surface area contributed by atoms with E-state index in [-0.39, 0.29) is 5.41 Å². The van der Waals surface area contributed by atoms with Gasteiger partial charge in [0.2, 0.25) is 0 Å². The van der Waals surface area contributed by atoms with Gasteiger partial charge in [-0.25, -0.2) is 0 Å². The molecule has 0 saturated heterocycles. The maximum atomic E-state index is 9.89. The molecule has 0 amide bonds. The zero-order valence-corrected chi connectivity index (χ0v) is 9.66. The molecule has 0 aromatic heterocycles. The van der Waals surface area contributed by atoms with Crippen LogP contribution in [0, 0.1) is 5.92 Å². The second kappa shape index (κ2) is 3.88. The van der Waals surface area contributed by atoms with Crippen LogP contribution in [0.3, 0.4) is 0 Å². The monoisotopic (exact) mass is 204 g/mol. The van der Waals surface area contributed by atoms with Crippen molar-refractivity contribution in [2.24, 2.45) is 5.92 Å². The molecule has 1 aliphatic rings. The average molecular weight is 204 g/mol. The molecule has 15 heavy (non-hydrogen) atoms. The van der Waals surface area contributed by atoms with Crippen LogP contribution in [-0.2, 0) is 5.41 Å². The minimum Gasteiger partial charge on any atom is -0.508 e. The standard InChI is InChI=1S/C14H20O/c1-11-7-9-14(2,10-8-11)12-5-3-4-6-13(12)15/h3-6,11,15H,7-10H2,1-2H3. The molecule has 0 spiro atoms. The van der Waals surface area contributed by atoms with Gasteiger partial charge < -0.3 is 5.11 Å². The minimum absolute atomic E-state index is 0.192. The van der Waals surface area contributed by atoms with Crippen LogP contribution in [0.5, 0.6) is 5.75 Å². The zero-order chi connectivity index (χ0) is 10.9. The molecular formula is C14H20O. The summed E-state index contributed by atoms with van der Waals surface area (Å²) < 4.78 is 0. The number of para-hydroxylation sites is 1. The van der Waals surface area contributed by atoms with Gasteiger partial charge in [0, 0.05) is 0 Å². The fourth-order valence-electron chi connectivity index (χ4n) is 2.65. The molecule has 1 fully saturated rings. The van der Waals surface area contributed by atoms with Crippen molar-refractivity contribution in [1.29, 1.82) is 0 Å². The molecule has 0 unspecified atom stereocenters. The number of phenolic OH excluding ortho intramolecular Hbond substituents is 1. The molecule has 0 radical (unpaired) electrons. The van der Waals surface area contributed by atoms with Gasteiger partial charge in [0.1, 0.15) is 5.75 Å². The van der Waals surface area contributed by atoms with E-state index in [1.165, 1.54) is 25.7 Å². The Morgan fingerprint density at radius 3 is 2.40 bits per heavy atom. The molecule has 1 N–H and O–H groups in total. The van der Waals surface area contributed by atoms with Gasteiger partial charge in [-0.1, -0.05) is 32.0 Å². The minimum atomic E-state index is 0.192. The van der Waals surface area contributed by atoms with Crippen molar-refractivity contribution in [3.63, 3.8) is 0 Å². The van der Waals surface area contributed by atoms with E-state index in [9.17, 15) is 5.11 Å². The highest BCUT2D eigenvalue weighted by atomic mass is 16.3. The average Bonchev–Trinajstić information content (AvgIpc) is 2.23. The van der Waals surface area contributed by atoms with Crippen LogP contribution in [0.4, 0.5) is 0 Å². The smallest absolute Gasteiger partial charge is 0.119 e. The Balaban J connectivity index is 2.26. The van der Waals surface area contributed by atoms with Gasteiger partial charge in [-0.3, -0.25) is 0 Å². The van der Waals surface area contributed by atoms with Crippen LogP contribution in [-0.4, -0.2) is 5.11 Å². The van der Waals surface area contributed by atoms with Crippen molar-refractivity contribution in [3.05, 3.63) is 29.8 Å². The lowest BCUT2D eigenvalue weighted by Gasteiger charge is -2.37. The van der Waals surface area contributed by atoms with E-state index in [1.807, 2.05) is 12.1 Å². The number of benzene rings is 1. The van der Waals surface area contributed by atoms with E-state index in [0.29, 0.717) is 5.75 Å². The van der Waals surface area contributed by atoms with Crippen molar-refractivity contribution in [2.75, 3.05) is 0 Å². The quantitative estimate of drug-likeness (QED) is 0.736. The molecule has 0 aliphatic heterocycles. The van der Waals surface area contributed by atoms with Gasteiger partial charge in [0.25, 0.3) is 0 Å². The summed E-state index contributed by atoms with van der Waals surface area (Å²) in [4.78, 5) is 0. The zero-order valence-electron chi connectivity index (χ0n) is 9.66. The molecule has 0 bridgehead atoms. The summed E-state index contributed by atoms with van der Waals surface area (Å²) in [7, 11) is 0. The fourth-order valence-corrected chi connectivity index (χ4v) is 2.65. The summed E-state index contributed by atoms with van der Waals surface area (Å²) in [5.74, 6) is 1.32. The fraction of sp³-hybridized carbons (Fsp3) is 0.571. The predicted molar refractivity (Wildman–Crippen MR) is 63.1 cm³/mol. The van der Waals surface area contributed by atoms with E-state index >= 15 is 0 Å². The molecule has 2 rings (SSSR count). The van der Waals surface area contributed by atoms with E-state index in [2.05, 4.69) is 19.9 Å². The Morgan fingerprint density at radius 1 is 1.20 bits per heavy atom. The molecule has 1 aromatic rings. The topological polar surface area (TPSA) is 20.2 Å². The lowest BCUT2D eigenvalue weighted by Crippen LogP contribution is -2.27. The second-order valence-electron chi connectivity index (χ2n) is 5.26. The number of hydrogen-bond acceptors (Lipinski definition) is 1. The maximum absolute atomic E-state index is 9.89. The highest BCUT2D eigenvalue weighted by Crippen LogP contribution is 2.43. The molecule has 1 heteroatoms. The van der Waals surface area contributed by atoms with Crippen LogP contribution in [0.2, 0.25) is 0 Å². The molecule has 1 aliphatic carbocycles. The van der Waals surface area contributed by atoms with Gasteiger partial charge in [-0.05, 0) is 48.6 Å². The molecule has 0 atom stereocenters. The number of hydrogen-bond donors (Lipinski definition) is 1. The highest BCUT2D eigenvalue weighted by Gasteiger charge is 2.32. The van der Waals surface area contributed by atoms with Crippen molar-refractivity contribution in [3.8, 4) is 5.75 Å². The summed E-state index contributed by atoms with van der Waals surface area (Å²) in [6, 6.07) is 7.80. The molecule has 0 heterocycles. The van der Waals surface area contributed by atoms with Gasteiger partial charge in [-0.2, -0.15) is 0 Å². The highest BCUT2D eigenvalue weighted by molar-refractivity contribution is 5.38. The van der Waals surface area contributed by atoms with Crippen LogP contribution >= 0.6 is 0 Å². The number of aromatic hydroxyl groups is 1. The Kier molecular flexibility index (Phi) is 2.72. The largest absolute Gasteiger partial charge is 0.508 e. The molecule has 82 valence electrons. The van der Waals surface area contributed by atoms with Crippen molar-refractivity contribution >= 4 is 0 Å². The predicted octanol–water partition coefficient (Wildman–Crippen LogP) is 3.86. The molecule has 1 aromatic carbocycles. The first-order valence-corrected chi connectivity index (χ1v) is 5.90. The third kappa shape index (κ3) is 2.01.